The highest BCUT2D eigenvalue weighted by Crippen LogP contribution is 2.11. The van der Waals surface area contributed by atoms with Crippen molar-refractivity contribution < 1.29 is 23.9 Å². The summed E-state index contributed by atoms with van der Waals surface area (Å²) in [7, 11) is 2.96. The van der Waals surface area contributed by atoms with Crippen molar-refractivity contribution in [3.63, 3.8) is 0 Å². The number of rotatable bonds is 7. The highest BCUT2D eigenvalue weighted by atomic mass is 16.5. The van der Waals surface area contributed by atoms with Crippen LogP contribution in [-0.2, 0) is 14.3 Å². The van der Waals surface area contributed by atoms with E-state index in [1.54, 1.807) is 38.1 Å². The maximum atomic E-state index is 11.9. The van der Waals surface area contributed by atoms with Crippen molar-refractivity contribution in [2.45, 2.75) is 19.4 Å². The number of nitrogens with zero attached hydrogens (tertiary/aromatic N) is 2. The van der Waals surface area contributed by atoms with E-state index < -0.39 is 29.9 Å². The van der Waals surface area contributed by atoms with Gasteiger partial charge in [-0.1, -0.05) is 0 Å². The fraction of sp³-hybridized carbons (Fsp3) is 0.412. The van der Waals surface area contributed by atoms with Crippen molar-refractivity contribution in [3.8, 4) is 11.8 Å². The van der Waals surface area contributed by atoms with Gasteiger partial charge in [0.1, 0.15) is 17.8 Å². The maximum absolute atomic E-state index is 11.9. The number of carbonyl (C=O) groups excluding carboxylic acids is 3. The lowest BCUT2D eigenvalue weighted by Gasteiger charge is -2.28. The van der Waals surface area contributed by atoms with Crippen LogP contribution in [0.2, 0.25) is 0 Å². The van der Waals surface area contributed by atoms with Crippen LogP contribution in [0.5, 0.6) is 5.75 Å². The second kappa shape index (κ2) is 8.68. The van der Waals surface area contributed by atoms with E-state index in [0.29, 0.717) is 11.3 Å². The lowest BCUT2D eigenvalue weighted by Crippen LogP contribution is -2.46. The molecule has 0 aromatic heterocycles. The minimum Gasteiger partial charge on any atom is -0.497 e. The number of hydrogen-bond donors (Lipinski definition) is 1. The molecular weight excluding hydrogens is 326 g/mol. The fourth-order valence-corrected chi connectivity index (χ4v) is 1.67. The average Bonchev–Trinajstić information content (AvgIpc) is 2.63. The Morgan fingerprint density at radius 1 is 1.24 bits per heavy atom. The molecule has 0 radical (unpaired) electrons. The summed E-state index contributed by atoms with van der Waals surface area (Å²) in [6.45, 7) is 2.27. The molecule has 0 aliphatic rings. The van der Waals surface area contributed by atoms with E-state index in [0.717, 1.165) is 0 Å². The van der Waals surface area contributed by atoms with Crippen LogP contribution in [0.4, 0.5) is 0 Å². The molecule has 8 heteroatoms. The number of nitrogens with one attached hydrogen (secondary N) is 1. The topological polar surface area (TPSA) is 109 Å². The smallest absolute Gasteiger partial charge is 0.325 e. The fourth-order valence-electron chi connectivity index (χ4n) is 1.67. The summed E-state index contributed by atoms with van der Waals surface area (Å²) >= 11 is 0. The molecule has 0 fully saturated rings. The Morgan fingerprint density at radius 2 is 1.84 bits per heavy atom. The van der Waals surface area contributed by atoms with Gasteiger partial charge in [0.25, 0.3) is 11.8 Å². The summed E-state index contributed by atoms with van der Waals surface area (Å²) in [6.07, 6.45) is 0. The monoisotopic (exact) mass is 347 g/mol. The Kier molecular flexibility index (Phi) is 6.93. The van der Waals surface area contributed by atoms with Crippen molar-refractivity contribution in [1.29, 1.82) is 5.26 Å². The van der Waals surface area contributed by atoms with E-state index in [-0.39, 0.29) is 6.54 Å². The number of nitriles is 1. The Hall–Kier alpha value is -3.08. The van der Waals surface area contributed by atoms with Crippen LogP contribution in [0.3, 0.4) is 0 Å². The SMILES string of the molecule is COc1ccc(C(=O)NCC(=O)OCC(=O)N(C)C(C)(C)C#N)cc1. The van der Waals surface area contributed by atoms with Gasteiger partial charge in [0, 0.05) is 12.6 Å². The first-order valence-electron chi connectivity index (χ1n) is 7.47. The third kappa shape index (κ3) is 5.80. The van der Waals surface area contributed by atoms with Crippen molar-refractivity contribution in [2.75, 3.05) is 27.3 Å². The van der Waals surface area contributed by atoms with E-state index >= 15 is 0 Å². The molecule has 0 aliphatic carbocycles. The van der Waals surface area contributed by atoms with Gasteiger partial charge < -0.3 is 19.7 Å². The zero-order chi connectivity index (χ0) is 19.0. The summed E-state index contributed by atoms with van der Waals surface area (Å²) in [5.74, 6) is -1.10. The van der Waals surface area contributed by atoms with E-state index in [2.05, 4.69) is 5.32 Å². The summed E-state index contributed by atoms with van der Waals surface area (Å²) in [6, 6.07) is 8.34. The standard InChI is InChI=1S/C17H21N3O5/c1-17(2,11-18)20(3)14(21)10-25-15(22)9-19-16(23)12-5-7-13(24-4)8-6-12/h5-8H,9-10H2,1-4H3,(H,19,23). The van der Waals surface area contributed by atoms with Gasteiger partial charge >= 0.3 is 5.97 Å². The Morgan fingerprint density at radius 3 is 2.36 bits per heavy atom. The molecule has 1 aromatic carbocycles. The lowest BCUT2D eigenvalue weighted by molar-refractivity contribution is -0.152. The van der Waals surface area contributed by atoms with Crippen LogP contribution < -0.4 is 10.1 Å². The number of likely N-dealkylation sites (N-methyl/N-ethyl adjacent to an activating group) is 1. The number of methoxy groups -OCH3 is 1. The predicted molar refractivity (Wildman–Crippen MR) is 88.7 cm³/mol. The largest absolute Gasteiger partial charge is 0.497 e. The third-order valence-corrected chi connectivity index (χ3v) is 3.59. The number of hydrogen-bond acceptors (Lipinski definition) is 6. The summed E-state index contributed by atoms with van der Waals surface area (Å²) < 4.78 is 9.80. The van der Waals surface area contributed by atoms with Crippen LogP contribution in [0.25, 0.3) is 0 Å². The van der Waals surface area contributed by atoms with Gasteiger partial charge in [-0.2, -0.15) is 5.26 Å². The zero-order valence-corrected chi connectivity index (χ0v) is 14.7. The summed E-state index contributed by atoms with van der Waals surface area (Å²) in [5, 5.41) is 11.4. The number of amides is 2. The highest BCUT2D eigenvalue weighted by Gasteiger charge is 2.27. The average molecular weight is 347 g/mol. The molecule has 0 atom stereocenters. The van der Waals surface area contributed by atoms with Crippen LogP contribution in [0.1, 0.15) is 24.2 Å². The molecule has 1 rings (SSSR count). The first kappa shape index (κ1) is 20.0. The van der Waals surface area contributed by atoms with Crippen molar-refractivity contribution in [2.24, 2.45) is 0 Å². The molecule has 0 bridgehead atoms. The molecule has 0 aliphatic heterocycles. The van der Waals surface area contributed by atoms with Gasteiger partial charge in [-0.3, -0.25) is 14.4 Å². The molecule has 8 nitrogen and oxygen atoms in total. The van der Waals surface area contributed by atoms with Crippen molar-refractivity contribution in [1.82, 2.24) is 10.2 Å². The Balaban J connectivity index is 2.43. The van der Waals surface area contributed by atoms with E-state index in [9.17, 15) is 14.4 Å². The summed E-state index contributed by atoms with van der Waals surface area (Å²) in [4.78, 5) is 36.6. The molecule has 1 aromatic rings. The van der Waals surface area contributed by atoms with Gasteiger partial charge in [0.05, 0.1) is 13.2 Å². The van der Waals surface area contributed by atoms with E-state index in [4.69, 9.17) is 14.7 Å². The molecule has 2 amide bonds. The predicted octanol–water partition coefficient (Wildman–Crippen LogP) is 0.729. The third-order valence-electron chi connectivity index (χ3n) is 3.59. The van der Waals surface area contributed by atoms with Gasteiger partial charge in [-0.15, -0.1) is 0 Å². The normalized spacial score (nSPS) is 10.4. The van der Waals surface area contributed by atoms with Crippen LogP contribution >= 0.6 is 0 Å². The van der Waals surface area contributed by atoms with E-state index in [1.165, 1.54) is 19.1 Å². The van der Waals surface area contributed by atoms with Gasteiger partial charge in [0.15, 0.2) is 6.61 Å². The molecular formula is C17H21N3O5. The lowest BCUT2D eigenvalue weighted by atomic mass is 10.1. The molecule has 25 heavy (non-hydrogen) atoms. The maximum Gasteiger partial charge on any atom is 0.325 e. The number of ether oxygens (including phenoxy) is 2. The quantitative estimate of drug-likeness (QED) is 0.728. The molecule has 0 saturated carbocycles. The van der Waals surface area contributed by atoms with Crippen LogP contribution in [0.15, 0.2) is 24.3 Å². The Labute approximate surface area is 146 Å². The number of carbonyl (C=O) groups is 3. The molecule has 0 saturated heterocycles. The van der Waals surface area contributed by atoms with Gasteiger partial charge in [-0.25, -0.2) is 0 Å². The van der Waals surface area contributed by atoms with Crippen LogP contribution in [0, 0.1) is 11.3 Å². The molecule has 134 valence electrons. The highest BCUT2D eigenvalue weighted by molar-refractivity contribution is 5.96. The summed E-state index contributed by atoms with van der Waals surface area (Å²) in [5.41, 5.74) is -0.647. The van der Waals surface area contributed by atoms with Crippen molar-refractivity contribution in [3.05, 3.63) is 29.8 Å². The van der Waals surface area contributed by atoms with Gasteiger partial charge in [0.2, 0.25) is 0 Å². The first-order chi connectivity index (χ1) is 11.7. The van der Waals surface area contributed by atoms with Crippen LogP contribution in [-0.4, -0.2) is 55.5 Å². The minimum atomic E-state index is -1.01. The number of esters is 1. The van der Waals surface area contributed by atoms with Gasteiger partial charge in [-0.05, 0) is 38.1 Å². The zero-order valence-electron chi connectivity index (χ0n) is 14.7. The second-order valence-corrected chi connectivity index (χ2v) is 5.70. The van der Waals surface area contributed by atoms with Crippen molar-refractivity contribution >= 4 is 17.8 Å². The number of benzene rings is 1. The van der Waals surface area contributed by atoms with E-state index in [1.807, 2.05) is 6.07 Å². The molecule has 1 N–H and O–H groups in total. The molecule has 0 heterocycles. The second-order valence-electron chi connectivity index (χ2n) is 5.70. The molecule has 0 spiro atoms. The Bertz CT molecular complexity index is 677. The molecule has 0 unspecified atom stereocenters. The first-order valence-corrected chi connectivity index (χ1v) is 7.47. The minimum absolute atomic E-state index is 0.361.